The second-order valence-electron chi connectivity index (χ2n) is 2.26. The number of aromatic nitrogens is 1. The summed E-state index contributed by atoms with van der Waals surface area (Å²) in [5, 5.41) is 9.16. The van der Waals surface area contributed by atoms with Crippen molar-refractivity contribution < 1.29 is 14.3 Å². The Hall–Kier alpha value is -2.11. The summed E-state index contributed by atoms with van der Waals surface area (Å²) >= 11 is 0. The summed E-state index contributed by atoms with van der Waals surface area (Å²) in [5.41, 5.74) is 0.804. The standard InChI is InChI=1S/C7H4N2O4/c10-9(11)13-6-1-3-8-5-2-4-12-7(5)6/h1-4H. The minimum Gasteiger partial charge on any atom is -0.460 e. The van der Waals surface area contributed by atoms with Crippen LogP contribution < -0.4 is 4.84 Å². The maximum absolute atomic E-state index is 10.1. The molecule has 0 aromatic carbocycles. The molecule has 2 aromatic heterocycles. The second-order valence-corrected chi connectivity index (χ2v) is 2.26. The SMILES string of the molecule is O=[N+]([O-])Oc1ccnc2ccoc12. The van der Waals surface area contributed by atoms with E-state index in [0.29, 0.717) is 5.52 Å². The zero-order valence-corrected chi connectivity index (χ0v) is 6.34. The maximum Gasteiger partial charge on any atom is 0.299 e. The molecule has 0 aliphatic carbocycles. The van der Waals surface area contributed by atoms with E-state index >= 15 is 0 Å². The predicted octanol–water partition coefficient (Wildman–Crippen LogP) is 1.40. The van der Waals surface area contributed by atoms with Crippen LogP contribution in [-0.2, 0) is 0 Å². The van der Waals surface area contributed by atoms with Crippen LogP contribution in [0.5, 0.6) is 5.75 Å². The highest BCUT2D eigenvalue weighted by Gasteiger charge is 2.08. The Kier molecular flexibility index (Phi) is 1.59. The highest BCUT2D eigenvalue weighted by Crippen LogP contribution is 2.24. The highest BCUT2D eigenvalue weighted by molar-refractivity contribution is 5.78. The quantitative estimate of drug-likeness (QED) is 0.515. The van der Waals surface area contributed by atoms with Crippen LogP contribution in [0.15, 0.2) is 29.0 Å². The lowest BCUT2D eigenvalue weighted by molar-refractivity contribution is -0.710. The molecule has 6 heteroatoms. The third-order valence-corrected chi connectivity index (χ3v) is 1.48. The van der Waals surface area contributed by atoms with Crippen LogP contribution in [-0.4, -0.2) is 10.1 Å². The molecule has 0 aliphatic rings. The molecular formula is C7H4N2O4. The van der Waals surface area contributed by atoms with E-state index < -0.39 is 5.09 Å². The summed E-state index contributed by atoms with van der Waals surface area (Å²) in [5.74, 6) is 0.0556. The number of hydrogen-bond acceptors (Lipinski definition) is 5. The van der Waals surface area contributed by atoms with E-state index in [-0.39, 0.29) is 11.3 Å². The summed E-state index contributed by atoms with van der Waals surface area (Å²) in [7, 11) is 0. The lowest BCUT2D eigenvalue weighted by atomic mass is 10.4. The van der Waals surface area contributed by atoms with Crippen molar-refractivity contribution in [3.8, 4) is 5.75 Å². The number of pyridine rings is 1. The van der Waals surface area contributed by atoms with Crippen LogP contribution in [0.1, 0.15) is 0 Å². The highest BCUT2D eigenvalue weighted by atomic mass is 17.0. The molecule has 2 aromatic rings. The van der Waals surface area contributed by atoms with Crippen molar-refractivity contribution in [2.45, 2.75) is 0 Å². The molecule has 0 aliphatic heterocycles. The molecule has 66 valence electrons. The van der Waals surface area contributed by atoms with Gasteiger partial charge in [0.15, 0.2) is 11.3 Å². The van der Waals surface area contributed by atoms with Crippen LogP contribution in [0.25, 0.3) is 11.1 Å². The normalized spacial score (nSPS) is 10.2. The van der Waals surface area contributed by atoms with Gasteiger partial charge in [0, 0.05) is 12.3 Å². The molecule has 0 saturated heterocycles. The molecule has 0 radical (unpaired) electrons. The predicted molar refractivity (Wildman–Crippen MR) is 41.6 cm³/mol. The van der Waals surface area contributed by atoms with E-state index in [1.807, 2.05) is 0 Å². The van der Waals surface area contributed by atoms with E-state index in [1.165, 1.54) is 18.5 Å². The monoisotopic (exact) mass is 180 g/mol. The molecule has 0 spiro atoms. The van der Waals surface area contributed by atoms with Crippen molar-refractivity contribution in [1.82, 2.24) is 4.98 Å². The van der Waals surface area contributed by atoms with Crippen LogP contribution >= 0.6 is 0 Å². The Morgan fingerprint density at radius 3 is 3.15 bits per heavy atom. The molecule has 0 amide bonds. The lowest BCUT2D eigenvalue weighted by Crippen LogP contribution is -2.03. The third-order valence-electron chi connectivity index (χ3n) is 1.48. The Balaban J connectivity index is 2.54. The van der Waals surface area contributed by atoms with Crippen LogP contribution in [0, 0.1) is 10.1 Å². The Labute approximate surface area is 71.8 Å². The third kappa shape index (κ3) is 1.28. The van der Waals surface area contributed by atoms with Gasteiger partial charge in [0.25, 0.3) is 5.09 Å². The second kappa shape index (κ2) is 2.74. The van der Waals surface area contributed by atoms with Crippen LogP contribution in [0.4, 0.5) is 0 Å². The van der Waals surface area contributed by atoms with Crippen molar-refractivity contribution in [1.29, 1.82) is 0 Å². The first-order valence-electron chi connectivity index (χ1n) is 3.42. The van der Waals surface area contributed by atoms with Gasteiger partial charge in [-0.1, -0.05) is 0 Å². The molecule has 0 unspecified atom stereocenters. The van der Waals surface area contributed by atoms with Gasteiger partial charge in [0.1, 0.15) is 5.52 Å². The van der Waals surface area contributed by atoms with Crippen LogP contribution in [0.2, 0.25) is 0 Å². The first-order valence-corrected chi connectivity index (χ1v) is 3.42. The molecule has 0 saturated carbocycles. The average Bonchev–Trinajstić information content (AvgIpc) is 2.51. The molecule has 2 rings (SSSR count). The van der Waals surface area contributed by atoms with Gasteiger partial charge in [-0.15, -0.1) is 10.1 Å². The van der Waals surface area contributed by atoms with E-state index in [1.54, 1.807) is 6.07 Å². The average molecular weight is 180 g/mol. The number of furan rings is 1. The van der Waals surface area contributed by atoms with Gasteiger partial charge in [-0.3, -0.25) is 9.82 Å². The molecule has 0 N–H and O–H groups in total. The van der Waals surface area contributed by atoms with Crippen molar-refractivity contribution in [2.24, 2.45) is 0 Å². The molecule has 6 nitrogen and oxygen atoms in total. The fraction of sp³-hybridized carbons (Fsp3) is 0. The number of nitrogens with zero attached hydrogens (tertiary/aromatic N) is 2. The fourth-order valence-corrected chi connectivity index (χ4v) is 1.00. The molecule has 2 heterocycles. The Morgan fingerprint density at radius 1 is 1.54 bits per heavy atom. The first kappa shape index (κ1) is 7.53. The van der Waals surface area contributed by atoms with Gasteiger partial charge in [-0.05, 0) is 6.07 Å². The minimum atomic E-state index is -0.892. The largest absolute Gasteiger partial charge is 0.460 e. The number of fused-ring (bicyclic) bond motifs is 1. The molecule has 13 heavy (non-hydrogen) atoms. The zero-order chi connectivity index (χ0) is 9.26. The molecule has 0 atom stereocenters. The van der Waals surface area contributed by atoms with Gasteiger partial charge in [-0.2, -0.15) is 0 Å². The molecule has 0 fully saturated rings. The van der Waals surface area contributed by atoms with Crippen LogP contribution in [0.3, 0.4) is 0 Å². The summed E-state index contributed by atoms with van der Waals surface area (Å²) < 4.78 is 4.96. The van der Waals surface area contributed by atoms with E-state index in [2.05, 4.69) is 9.82 Å². The lowest BCUT2D eigenvalue weighted by Gasteiger charge is -1.96. The van der Waals surface area contributed by atoms with Crippen molar-refractivity contribution in [3.05, 3.63) is 34.7 Å². The van der Waals surface area contributed by atoms with Crippen molar-refractivity contribution in [3.63, 3.8) is 0 Å². The van der Waals surface area contributed by atoms with Gasteiger partial charge in [0.2, 0.25) is 0 Å². The van der Waals surface area contributed by atoms with Gasteiger partial charge < -0.3 is 4.42 Å². The van der Waals surface area contributed by atoms with Gasteiger partial charge in [-0.25, -0.2) is 0 Å². The Bertz CT molecular complexity index is 450. The molecular weight excluding hydrogens is 176 g/mol. The first-order chi connectivity index (χ1) is 6.27. The summed E-state index contributed by atoms with van der Waals surface area (Å²) in [6.07, 6.45) is 2.81. The van der Waals surface area contributed by atoms with Gasteiger partial charge in [0.05, 0.1) is 6.26 Å². The van der Waals surface area contributed by atoms with E-state index in [0.717, 1.165) is 0 Å². The number of rotatable bonds is 2. The van der Waals surface area contributed by atoms with Crippen molar-refractivity contribution in [2.75, 3.05) is 0 Å². The zero-order valence-electron chi connectivity index (χ0n) is 6.34. The smallest absolute Gasteiger partial charge is 0.299 e. The maximum atomic E-state index is 10.1. The molecule has 0 bridgehead atoms. The van der Waals surface area contributed by atoms with E-state index in [4.69, 9.17) is 4.42 Å². The summed E-state index contributed by atoms with van der Waals surface area (Å²) in [6, 6.07) is 2.97. The van der Waals surface area contributed by atoms with Gasteiger partial charge >= 0.3 is 0 Å². The van der Waals surface area contributed by atoms with E-state index in [9.17, 15) is 10.1 Å². The van der Waals surface area contributed by atoms with Crippen molar-refractivity contribution >= 4 is 11.1 Å². The number of hydrogen-bond donors (Lipinski definition) is 0. The minimum absolute atomic E-state index is 0.0556. The topological polar surface area (TPSA) is 78.4 Å². The summed E-state index contributed by atoms with van der Waals surface area (Å²) in [6.45, 7) is 0. The Morgan fingerprint density at radius 2 is 2.38 bits per heavy atom. The fourth-order valence-electron chi connectivity index (χ4n) is 1.00. The summed E-state index contributed by atoms with van der Waals surface area (Å²) in [4.78, 5) is 18.2.